The van der Waals surface area contributed by atoms with Crippen molar-refractivity contribution in [1.29, 1.82) is 0 Å². The van der Waals surface area contributed by atoms with Crippen LogP contribution in [0.15, 0.2) is 96.3 Å². The number of hydrogen-bond donors (Lipinski definition) is 1. The van der Waals surface area contributed by atoms with Gasteiger partial charge < -0.3 is 14.5 Å². The van der Waals surface area contributed by atoms with E-state index >= 15 is 0 Å². The molecule has 0 fully saturated rings. The van der Waals surface area contributed by atoms with E-state index in [1.54, 1.807) is 6.92 Å². The Morgan fingerprint density at radius 3 is 2.15 bits per heavy atom. The first-order valence-corrected chi connectivity index (χ1v) is 16.1. The maximum absolute atomic E-state index is 12.5. The number of esters is 1. The second-order valence-electron chi connectivity index (χ2n) is 10.1. The van der Waals surface area contributed by atoms with E-state index in [1.807, 2.05) is 36.6 Å². The summed E-state index contributed by atoms with van der Waals surface area (Å²) < 4.78 is 12.3. The smallest absolute Gasteiger partial charge is 0.343 e. The number of ether oxygens (including phenoxy) is 1. The Morgan fingerprint density at radius 1 is 0.949 bits per heavy atom. The number of aromatic nitrogens is 2. The molecule has 0 aliphatic heterocycles. The van der Waals surface area contributed by atoms with E-state index < -0.39 is 14.3 Å². The summed E-state index contributed by atoms with van der Waals surface area (Å²) >= 11 is 1.41. The molecule has 4 rings (SSSR count). The zero-order valence-corrected chi connectivity index (χ0v) is 24.9. The average molecular weight is 558 g/mol. The second-order valence-corrected chi connectivity index (χ2v) is 15.2. The predicted molar refractivity (Wildman–Crippen MR) is 162 cm³/mol. The van der Waals surface area contributed by atoms with Gasteiger partial charge in [0.25, 0.3) is 8.32 Å². The van der Waals surface area contributed by atoms with Crippen LogP contribution < -0.4 is 15.7 Å². The van der Waals surface area contributed by atoms with Crippen molar-refractivity contribution in [1.82, 2.24) is 9.97 Å². The average Bonchev–Trinajstić information content (AvgIpc) is 2.94. The number of rotatable bonds is 10. The maximum atomic E-state index is 12.5. The summed E-state index contributed by atoms with van der Waals surface area (Å²) in [6.07, 6.45) is 3.40. The minimum Gasteiger partial charge on any atom is -0.462 e. The lowest BCUT2D eigenvalue weighted by molar-refractivity contribution is 0.0526. The van der Waals surface area contributed by atoms with E-state index in [2.05, 4.69) is 90.7 Å². The lowest BCUT2D eigenvalue weighted by atomic mass is 10.2. The fraction of sp³-hybridized carbons (Fsp3) is 0.258. The molecule has 6 nitrogen and oxygen atoms in total. The van der Waals surface area contributed by atoms with Crippen LogP contribution in [-0.2, 0) is 15.8 Å². The van der Waals surface area contributed by atoms with Crippen molar-refractivity contribution in [2.45, 2.75) is 44.5 Å². The topological polar surface area (TPSA) is 73.3 Å². The van der Waals surface area contributed by atoms with Crippen LogP contribution in [0.25, 0.3) is 0 Å². The first-order chi connectivity index (χ1) is 18.8. The largest absolute Gasteiger partial charge is 0.462 e. The third-order valence-electron chi connectivity index (χ3n) is 6.51. The summed E-state index contributed by atoms with van der Waals surface area (Å²) in [5, 5.41) is 6.24. The Hall–Kier alpha value is -3.46. The zero-order chi connectivity index (χ0) is 27.9. The van der Waals surface area contributed by atoms with Gasteiger partial charge in [0.05, 0.1) is 13.2 Å². The zero-order valence-electron chi connectivity index (χ0n) is 23.1. The molecule has 0 unspecified atom stereocenters. The molecule has 1 N–H and O–H groups in total. The molecule has 39 heavy (non-hydrogen) atoms. The Kier molecular flexibility index (Phi) is 9.22. The van der Waals surface area contributed by atoms with Crippen molar-refractivity contribution in [2.24, 2.45) is 0 Å². The number of nitrogens with one attached hydrogen (secondary N) is 1. The maximum Gasteiger partial charge on any atom is 0.343 e. The number of benzene rings is 3. The summed E-state index contributed by atoms with van der Waals surface area (Å²) in [6, 6.07) is 29.2. The van der Waals surface area contributed by atoms with Crippen LogP contribution in [-0.4, -0.2) is 37.1 Å². The van der Waals surface area contributed by atoms with Crippen LogP contribution in [0.2, 0.25) is 5.04 Å². The van der Waals surface area contributed by atoms with Gasteiger partial charge >= 0.3 is 5.97 Å². The van der Waals surface area contributed by atoms with Gasteiger partial charge in [0.1, 0.15) is 11.4 Å². The minimum atomic E-state index is -2.67. The van der Waals surface area contributed by atoms with Crippen molar-refractivity contribution < 1.29 is 14.0 Å². The van der Waals surface area contributed by atoms with Gasteiger partial charge in [-0.1, -0.05) is 105 Å². The number of hydrogen-bond acceptors (Lipinski definition) is 7. The van der Waals surface area contributed by atoms with Gasteiger partial charge in [-0.15, -0.1) is 0 Å². The van der Waals surface area contributed by atoms with Crippen LogP contribution in [0.1, 0.15) is 43.6 Å². The van der Waals surface area contributed by atoms with Crippen LogP contribution >= 0.6 is 11.8 Å². The van der Waals surface area contributed by atoms with Crippen molar-refractivity contribution in [2.75, 3.05) is 18.2 Å². The molecular formula is C31H35N3O3SSi. The molecule has 0 saturated carbocycles. The lowest BCUT2D eigenvalue weighted by Crippen LogP contribution is -2.66. The Balaban J connectivity index is 1.67. The first kappa shape index (κ1) is 28.5. The van der Waals surface area contributed by atoms with Crippen molar-refractivity contribution >= 4 is 47.9 Å². The fourth-order valence-corrected chi connectivity index (χ4v) is 9.63. The van der Waals surface area contributed by atoms with E-state index in [0.29, 0.717) is 23.1 Å². The van der Waals surface area contributed by atoms with Gasteiger partial charge in [-0.05, 0) is 46.3 Å². The molecule has 3 aromatic carbocycles. The normalized spacial score (nSPS) is 11.7. The van der Waals surface area contributed by atoms with Gasteiger partial charge in [-0.3, -0.25) is 0 Å². The van der Waals surface area contributed by atoms with Crippen LogP contribution in [0, 0.1) is 0 Å². The molecule has 202 valence electrons. The molecule has 0 aliphatic carbocycles. The highest BCUT2D eigenvalue weighted by Gasteiger charge is 2.50. The number of carbonyl (C=O) groups is 1. The Morgan fingerprint density at radius 2 is 1.59 bits per heavy atom. The number of thioether (sulfide) groups is 1. The molecule has 0 saturated heterocycles. The van der Waals surface area contributed by atoms with Gasteiger partial charge in [0, 0.05) is 11.9 Å². The molecule has 0 bridgehead atoms. The molecule has 0 amide bonds. The molecule has 8 heteroatoms. The number of carbonyl (C=O) groups excluding carboxylic acids is 1. The molecule has 1 heterocycles. The number of anilines is 2. The number of nitrogens with zero attached hydrogens (tertiary/aromatic N) is 2. The van der Waals surface area contributed by atoms with E-state index in [-0.39, 0.29) is 11.6 Å². The SMILES string of the molecule is CCOC(=O)c1cnc(SC)nc1Nc1cccc(CO[Si](c2ccccc2)(c2ccccc2)C(C)(C)C)c1. The molecule has 0 atom stereocenters. The minimum absolute atomic E-state index is 0.116. The molecule has 0 aliphatic rings. The van der Waals surface area contributed by atoms with Crippen LogP contribution in [0.3, 0.4) is 0 Å². The molecule has 4 aromatic rings. The molecule has 0 spiro atoms. The van der Waals surface area contributed by atoms with Gasteiger partial charge in [0.2, 0.25) is 0 Å². The summed E-state index contributed by atoms with van der Waals surface area (Å²) in [5.41, 5.74) is 2.11. The van der Waals surface area contributed by atoms with E-state index in [1.165, 1.54) is 28.3 Å². The highest BCUT2D eigenvalue weighted by atomic mass is 32.2. The highest BCUT2D eigenvalue weighted by Crippen LogP contribution is 2.37. The standard InChI is InChI=1S/C31H35N3O3SSi/c1-6-36-29(35)27-21-32-30(38-5)34-28(27)33-24-15-13-14-23(20-24)22-37-39(31(2,3)4,25-16-9-7-10-17-25)26-18-11-8-12-19-26/h7-21H,6,22H2,1-5H3,(H,32,33,34). The van der Waals surface area contributed by atoms with Gasteiger partial charge in [0.15, 0.2) is 5.16 Å². The van der Waals surface area contributed by atoms with Crippen LogP contribution in [0.4, 0.5) is 11.5 Å². The van der Waals surface area contributed by atoms with Gasteiger partial charge in [-0.2, -0.15) is 0 Å². The molecular weight excluding hydrogens is 523 g/mol. The third-order valence-corrected chi connectivity index (χ3v) is 12.1. The van der Waals surface area contributed by atoms with E-state index in [4.69, 9.17) is 9.16 Å². The van der Waals surface area contributed by atoms with Crippen LogP contribution in [0.5, 0.6) is 0 Å². The van der Waals surface area contributed by atoms with E-state index in [0.717, 1.165) is 11.3 Å². The lowest BCUT2D eigenvalue weighted by Gasteiger charge is -2.43. The van der Waals surface area contributed by atoms with Crippen molar-refractivity contribution in [3.05, 3.63) is 102 Å². The van der Waals surface area contributed by atoms with Gasteiger partial charge in [-0.25, -0.2) is 14.8 Å². The summed E-state index contributed by atoms with van der Waals surface area (Å²) in [5.74, 6) is -0.0447. The summed E-state index contributed by atoms with van der Waals surface area (Å²) in [6.45, 7) is 9.30. The molecule has 0 radical (unpaired) electrons. The fourth-order valence-electron chi connectivity index (χ4n) is 4.75. The van der Waals surface area contributed by atoms with Crippen molar-refractivity contribution in [3.8, 4) is 0 Å². The first-order valence-electron chi connectivity index (χ1n) is 13.0. The summed E-state index contributed by atoms with van der Waals surface area (Å²) in [4.78, 5) is 21.3. The molecule has 1 aromatic heterocycles. The Labute approximate surface area is 236 Å². The van der Waals surface area contributed by atoms with E-state index in [9.17, 15) is 4.79 Å². The highest BCUT2D eigenvalue weighted by molar-refractivity contribution is 7.98. The quantitative estimate of drug-likeness (QED) is 0.108. The second kappa shape index (κ2) is 12.6. The summed E-state index contributed by atoms with van der Waals surface area (Å²) in [7, 11) is -2.67. The monoisotopic (exact) mass is 557 g/mol. The Bertz CT molecular complexity index is 1360. The predicted octanol–water partition coefficient (Wildman–Crippen LogP) is 6.20. The van der Waals surface area contributed by atoms with Crippen molar-refractivity contribution in [3.63, 3.8) is 0 Å². The third kappa shape index (κ3) is 6.41.